The van der Waals surface area contributed by atoms with Crippen LogP contribution in [0.3, 0.4) is 0 Å². The van der Waals surface area contributed by atoms with E-state index in [-0.39, 0.29) is 5.41 Å². The average Bonchev–Trinajstić information content (AvgIpc) is 2.71. The molecule has 0 atom stereocenters. The van der Waals surface area contributed by atoms with Crippen molar-refractivity contribution in [1.82, 2.24) is 0 Å². The molecule has 0 bridgehead atoms. The van der Waals surface area contributed by atoms with Crippen LogP contribution in [0.25, 0.3) is 10.8 Å². The summed E-state index contributed by atoms with van der Waals surface area (Å²) in [4.78, 5) is 2.40. The molecular formula is C30H31NO. The number of fused-ring (bicyclic) bond motifs is 3. The topological polar surface area (TPSA) is 12.5 Å². The minimum absolute atomic E-state index is 0.111. The molecule has 4 aromatic rings. The summed E-state index contributed by atoms with van der Waals surface area (Å²) in [5.74, 6) is 1.80. The van der Waals surface area contributed by atoms with Crippen LogP contribution >= 0.6 is 0 Å². The second-order valence-electron chi connectivity index (χ2n) is 10.3. The second-order valence-corrected chi connectivity index (χ2v) is 10.3. The number of anilines is 3. The third-order valence-corrected chi connectivity index (χ3v) is 6.47. The zero-order chi connectivity index (χ0) is 22.8. The summed E-state index contributed by atoms with van der Waals surface area (Å²) in [5, 5.41) is 2.43. The maximum absolute atomic E-state index is 6.45. The first-order valence-corrected chi connectivity index (χ1v) is 11.4. The molecule has 0 saturated heterocycles. The Kier molecular flexibility index (Phi) is 4.60. The highest BCUT2D eigenvalue weighted by Crippen LogP contribution is 2.53. The molecule has 1 aliphatic rings. The van der Waals surface area contributed by atoms with E-state index >= 15 is 0 Å². The highest BCUT2D eigenvalue weighted by Gasteiger charge is 2.29. The summed E-state index contributed by atoms with van der Waals surface area (Å²) in [6.45, 7) is 15.6. The average molecular weight is 422 g/mol. The molecule has 0 aromatic heterocycles. The van der Waals surface area contributed by atoms with Gasteiger partial charge in [-0.1, -0.05) is 62.7 Å². The van der Waals surface area contributed by atoms with Gasteiger partial charge in [-0.05, 0) is 90.4 Å². The van der Waals surface area contributed by atoms with Gasteiger partial charge in [0.1, 0.15) is 0 Å². The van der Waals surface area contributed by atoms with E-state index in [0.717, 1.165) is 22.9 Å². The van der Waals surface area contributed by atoms with Gasteiger partial charge >= 0.3 is 0 Å². The first-order valence-electron chi connectivity index (χ1n) is 11.4. The number of hydrogen-bond acceptors (Lipinski definition) is 2. The van der Waals surface area contributed by atoms with Gasteiger partial charge in [0, 0.05) is 0 Å². The zero-order valence-corrected chi connectivity index (χ0v) is 20.1. The molecule has 1 heterocycles. The molecule has 4 aromatic carbocycles. The summed E-state index contributed by atoms with van der Waals surface area (Å²) in [6.07, 6.45) is 0. The van der Waals surface area contributed by atoms with Crippen LogP contribution in [-0.2, 0) is 5.41 Å². The quantitative estimate of drug-likeness (QED) is 0.268. The minimum Gasteiger partial charge on any atom is -0.453 e. The predicted octanol–water partition coefficient (Wildman–Crippen LogP) is 8.95. The first-order chi connectivity index (χ1) is 15.1. The van der Waals surface area contributed by atoms with Crippen LogP contribution in [-0.4, -0.2) is 0 Å². The highest BCUT2D eigenvalue weighted by molar-refractivity contribution is 5.96. The Morgan fingerprint density at radius 2 is 1.25 bits per heavy atom. The van der Waals surface area contributed by atoms with Gasteiger partial charge < -0.3 is 9.64 Å². The summed E-state index contributed by atoms with van der Waals surface area (Å²) < 4.78 is 6.45. The van der Waals surface area contributed by atoms with E-state index in [0.29, 0.717) is 0 Å². The monoisotopic (exact) mass is 421 g/mol. The molecule has 2 heteroatoms. The van der Waals surface area contributed by atoms with E-state index in [9.17, 15) is 0 Å². The molecule has 5 rings (SSSR count). The smallest absolute Gasteiger partial charge is 0.152 e. The van der Waals surface area contributed by atoms with Crippen molar-refractivity contribution in [2.75, 3.05) is 4.90 Å². The molecule has 1 aliphatic heterocycles. The van der Waals surface area contributed by atoms with Crippen LogP contribution in [0, 0.1) is 27.7 Å². The molecule has 0 fully saturated rings. The Labute approximate surface area is 191 Å². The van der Waals surface area contributed by atoms with Crippen molar-refractivity contribution in [3.63, 3.8) is 0 Å². The molecule has 0 radical (unpaired) electrons. The third-order valence-electron chi connectivity index (χ3n) is 6.47. The van der Waals surface area contributed by atoms with Crippen LogP contribution in [0.4, 0.5) is 17.1 Å². The Morgan fingerprint density at radius 1 is 0.625 bits per heavy atom. The summed E-state index contributed by atoms with van der Waals surface area (Å²) in [7, 11) is 0. The van der Waals surface area contributed by atoms with Gasteiger partial charge in [-0.3, -0.25) is 0 Å². The normalized spacial score (nSPS) is 13.0. The van der Waals surface area contributed by atoms with Gasteiger partial charge in [-0.15, -0.1) is 0 Å². The maximum atomic E-state index is 6.45. The largest absolute Gasteiger partial charge is 0.453 e. The Morgan fingerprint density at radius 3 is 1.94 bits per heavy atom. The molecule has 0 spiro atoms. The lowest BCUT2D eigenvalue weighted by Crippen LogP contribution is -2.19. The summed E-state index contributed by atoms with van der Waals surface area (Å²) >= 11 is 0. The fourth-order valence-corrected chi connectivity index (χ4v) is 4.76. The molecular weight excluding hydrogens is 390 g/mol. The molecule has 2 nitrogen and oxygen atoms in total. The zero-order valence-electron chi connectivity index (χ0n) is 20.1. The van der Waals surface area contributed by atoms with Crippen molar-refractivity contribution in [2.45, 2.75) is 53.9 Å². The number of ether oxygens (including phenoxy) is 1. The van der Waals surface area contributed by atoms with Gasteiger partial charge in [0.25, 0.3) is 0 Å². The van der Waals surface area contributed by atoms with Crippen molar-refractivity contribution in [1.29, 1.82) is 0 Å². The van der Waals surface area contributed by atoms with Crippen molar-refractivity contribution in [2.24, 2.45) is 0 Å². The number of aryl methyl sites for hydroxylation is 4. The van der Waals surface area contributed by atoms with Crippen LogP contribution in [0.15, 0.2) is 60.7 Å². The second kappa shape index (κ2) is 7.13. The number of nitrogens with zero attached hydrogens (tertiary/aromatic N) is 1. The van der Waals surface area contributed by atoms with Gasteiger partial charge in [0.2, 0.25) is 0 Å². The number of benzene rings is 4. The molecule has 0 aliphatic carbocycles. The Bertz CT molecular complexity index is 1350. The molecule has 0 unspecified atom stereocenters. The number of hydrogen-bond donors (Lipinski definition) is 0. The lowest BCUT2D eigenvalue weighted by molar-refractivity contribution is 0.477. The van der Waals surface area contributed by atoms with E-state index in [1.54, 1.807) is 0 Å². The van der Waals surface area contributed by atoms with Crippen molar-refractivity contribution in [3.8, 4) is 11.5 Å². The lowest BCUT2D eigenvalue weighted by atomic mass is 9.84. The van der Waals surface area contributed by atoms with Crippen molar-refractivity contribution >= 4 is 27.8 Å². The Balaban J connectivity index is 1.81. The van der Waals surface area contributed by atoms with Gasteiger partial charge in [0.05, 0.1) is 17.1 Å². The molecule has 0 N–H and O–H groups in total. The summed E-state index contributed by atoms with van der Waals surface area (Å²) in [5.41, 5.74) is 9.93. The third kappa shape index (κ3) is 3.35. The number of rotatable bonds is 1. The fourth-order valence-electron chi connectivity index (χ4n) is 4.76. The minimum atomic E-state index is 0.111. The van der Waals surface area contributed by atoms with E-state index in [4.69, 9.17) is 4.74 Å². The molecule has 0 amide bonds. The van der Waals surface area contributed by atoms with E-state index in [1.165, 1.54) is 44.3 Å². The standard InChI is InChI=1S/C30H31NO/c1-18-8-10-22-16-26-28(17-23(22)12-18)32-27-11-9-19(2)13-25(27)31(26)29-20(3)14-24(15-21(29)4)30(5,6)7/h8-17H,1-7H3. The van der Waals surface area contributed by atoms with E-state index < -0.39 is 0 Å². The molecule has 0 saturated carbocycles. The van der Waals surface area contributed by atoms with Gasteiger partial charge in [-0.25, -0.2) is 0 Å². The SMILES string of the molecule is Cc1ccc2c(c1)N(c1c(C)cc(C(C)(C)C)cc1C)c1cc3ccc(C)cc3cc1O2. The van der Waals surface area contributed by atoms with Crippen LogP contribution in [0.2, 0.25) is 0 Å². The fraction of sp³-hybridized carbons (Fsp3) is 0.267. The highest BCUT2D eigenvalue weighted by atomic mass is 16.5. The maximum Gasteiger partial charge on any atom is 0.152 e. The Hall–Kier alpha value is -3.26. The molecule has 32 heavy (non-hydrogen) atoms. The predicted molar refractivity (Wildman–Crippen MR) is 136 cm³/mol. The van der Waals surface area contributed by atoms with Crippen LogP contribution in [0.1, 0.15) is 48.6 Å². The van der Waals surface area contributed by atoms with Gasteiger partial charge in [-0.2, -0.15) is 0 Å². The molecule has 162 valence electrons. The van der Waals surface area contributed by atoms with Crippen molar-refractivity contribution in [3.05, 3.63) is 88.5 Å². The van der Waals surface area contributed by atoms with E-state index in [1.807, 2.05) is 0 Å². The summed E-state index contributed by atoms with van der Waals surface area (Å²) in [6, 6.07) is 22.2. The first kappa shape index (κ1) is 20.6. The lowest BCUT2D eigenvalue weighted by Gasteiger charge is -2.36. The van der Waals surface area contributed by atoms with Crippen molar-refractivity contribution < 1.29 is 4.74 Å². The van der Waals surface area contributed by atoms with Crippen LogP contribution < -0.4 is 9.64 Å². The van der Waals surface area contributed by atoms with Crippen LogP contribution in [0.5, 0.6) is 11.5 Å². The van der Waals surface area contributed by atoms with Gasteiger partial charge in [0.15, 0.2) is 11.5 Å². The van der Waals surface area contributed by atoms with E-state index in [2.05, 4.69) is 114 Å².